The standard InChI is InChI=1S/C18H18F3NO4/c1-22(17(24)9-12-3-5-13(23)6-4-12)15-8-7-14(10-16(15)25-2)26-11-18(19,20)21/h3-8,10,23H,9,11H2,1-2H3. The summed E-state index contributed by atoms with van der Waals surface area (Å²) in [6, 6.07) is 10.3. The van der Waals surface area contributed by atoms with Crippen LogP contribution in [0.2, 0.25) is 0 Å². The molecule has 5 nitrogen and oxygen atoms in total. The van der Waals surface area contributed by atoms with Crippen molar-refractivity contribution in [1.29, 1.82) is 0 Å². The summed E-state index contributed by atoms with van der Waals surface area (Å²) in [5.74, 6) is 0.0529. The van der Waals surface area contributed by atoms with Crippen molar-refractivity contribution in [3.05, 3.63) is 48.0 Å². The van der Waals surface area contributed by atoms with Gasteiger partial charge in [-0.3, -0.25) is 4.79 Å². The average molecular weight is 369 g/mol. The number of rotatable bonds is 6. The highest BCUT2D eigenvalue weighted by Crippen LogP contribution is 2.32. The normalized spacial score (nSPS) is 11.1. The second-order valence-corrected chi connectivity index (χ2v) is 5.53. The molecule has 0 radical (unpaired) electrons. The van der Waals surface area contributed by atoms with E-state index in [1.54, 1.807) is 12.1 Å². The summed E-state index contributed by atoms with van der Waals surface area (Å²) in [4.78, 5) is 13.8. The monoisotopic (exact) mass is 369 g/mol. The molecule has 0 aliphatic carbocycles. The first-order valence-corrected chi connectivity index (χ1v) is 7.61. The van der Waals surface area contributed by atoms with E-state index in [9.17, 15) is 23.1 Å². The minimum absolute atomic E-state index is 0.0118. The van der Waals surface area contributed by atoms with Crippen molar-refractivity contribution in [1.82, 2.24) is 0 Å². The van der Waals surface area contributed by atoms with Gasteiger partial charge in [-0.2, -0.15) is 13.2 Å². The van der Waals surface area contributed by atoms with Crippen LogP contribution in [0, 0.1) is 0 Å². The minimum atomic E-state index is -4.44. The molecule has 0 heterocycles. The maximum absolute atomic E-state index is 12.4. The van der Waals surface area contributed by atoms with Crippen molar-refractivity contribution in [2.45, 2.75) is 12.6 Å². The van der Waals surface area contributed by atoms with E-state index in [2.05, 4.69) is 4.74 Å². The van der Waals surface area contributed by atoms with E-state index < -0.39 is 12.8 Å². The fourth-order valence-corrected chi connectivity index (χ4v) is 2.23. The predicted molar refractivity (Wildman–Crippen MR) is 89.8 cm³/mol. The van der Waals surface area contributed by atoms with Crippen LogP contribution in [0.15, 0.2) is 42.5 Å². The SMILES string of the molecule is COc1cc(OCC(F)(F)F)ccc1N(C)C(=O)Cc1ccc(O)cc1. The Hall–Kier alpha value is -2.90. The van der Waals surface area contributed by atoms with Gasteiger partial charge in [0.1, 0.15) is 17.2 Å². The number of halogens is 3. The maximum Gasteiger partial charge on any atom is 0.422 e. The van der Waals surface area contributed by atoms with Crippen LogP contribution < -0.4 is 14.4 Å². The van der Waals surface area contributed by atoms with E-state index in [0.29, 0.717) is 11.3 Å². The molecule has 0 atom stereocenters. The highest BCUT2D eigenvalue weighted by Gasteiger charge is 2.28. The first kappa shape index (κ1) is 19.4. The van der Waals surface area contributed by atoms with Crippen LogP contribution in [0.1, 0.15) is 5.56 Å². The van der Waals surface area contributed by atoms with Crippen molar-refractivity contribution in [3.8, 4) is 17.2 Å². The number of carbonyl (C=O) groups is 1. The quantitative estimate of drug-likeness (QED) is 0.846. The van der Waals surface area contributed by atoms with Gasteiger partial charge >= 0.3 is 6.18 Å². The van der Waals surface area contributed by atoms with Crippen molar-refractivity contribution in [3.63, 3.8) is 0 Å². The van der Waals surface area contributed by atoms with Gasteiger partial charge in [0, 0.05) is 13.1 Å². The zero-order valence-electron chi connectivity index (χ0n) is 14.2. The molecule has 0 aliphatic heterocycles. The smallest absolute Gasteiger partial charge is 0.422 e. The largest absolute Gasteiger partial charge is 0.508 e. The Kier molecular flexibility index (Phi) is 5.97. The molecule has 2 aromatic rings. The van der Waals surface area contributed by atoms with Crippen LogP contribution in [0.3, 0.4) is 0 Å². The lowest BCUT2D eigenvalue weighted by atomic mass is 10.1. The van der Waals surface area contributed by atoms with Gasteiger partial charge in [0.05, 0.1) is 19.2 Å². The Balaban J connectivity index is 2.12. The fourth-order valence-electron chi connectivity index (χ4n) is 2.23. The van der Waals surface area contributed by atoms with E-state index in [4.69, 9.17) is 4.74 Å². The number of hydrogen-bond acceptors (Lipinski definition) is 4. The number of anilines is 1. The van der Waals surface area contributed by atoms with E-state index in [0.717, 1.165) is 0 Å². The zero-order chi connectivity index (χ0) is 19.3. The third-order valence-corrected chi connectivity index (χ3v) is 3.58. The molecule has 0 spiro atoms. The molecule has 0 fully saturated rings. The van der Waals surface area contributed by atoms with Crippen LogP contribution >= 0.6 is 0 Å². The summed E-state index contributed by atoms with van der Waals surface area (Å²) in [5, 5.41) is 9.27. The van der Waals surface area contributed by atoms with E-state index >= 15 is 0 Å². The molecule has 0 saturated heterocycles. The van der Waals surface area contributed by atoms with Crippen LogP contribution in [-0.4, -0.2) is 38.0 Å². The van der Waals surface area contributed by atoms with Gasteiger partial charge in [-0.1, -0.05) is 12.1 Å². The van der Waals surface area contributed by atoms with Crippen molar-refractivity contribution < 1.29 is 32.5 Å². The molecule has 2 rings (SSSR count). The molecular weight excluding hydrogens is 351 g/mol. The fraction of sp³-hybridized carbons (Fsp3) is 0.278. The number of alkyl halides is 3. The third kappa shape index (κ3) is 5.30. The van der Waals surface area contributed by atoms with Crippen molar-refractivity contribution in [2.24, 2.45) is 0 Å². The third-order valence-electron chi connectivity index (χ3n) is 3.58. The Morgan fingerprint density at radius 2 is 1.81 bits per heavy atom. The van der Waals surface area contributed by atoms with Crippen LogP contribution in [-0.2, 0) is 11.2 Å². The molecule has 8 heteroatoms. The van der Waals surface area contributed by atoms with Gasteiger partial charge in [-0.05, 0) is 29.8 Å². The topological polar surface area (TPSA) is 59.0 Å². The lowest BCUT2D eigenvalue weighted by molar-refractivity contribution is -0.153. The first-order chi connectivity index (χ1) is 12.2. The Morgan fingerprint density at radius 3 is 2.38 bits per heavy atom. The van der Waals surface area contributed by atoms with Crippen LogP contribution in [0.25, 0.3) is 0 Å². The van der Waals surface area contributed by atoms with Gasteiger partial charge in [0.25, 0.3) is 0 Å². The molecular formula is C18H18F3NO4. The number of benzene rings is 2. The second-order valence-electron chi connectivity index (χ2n) is 5.53. The number of amides is 1. The molecule has 0 unspecified atom stereocenters. The Labute approximate surface area is 148 Å². The lowest BCUT2D eigenvalue weighted by Crippen LogP contribution is -2.28. The average Bonchev–Trinajstić information content (AvgIpc) is 2.60. The summed E-state index contributed by atoms with van der Waals surface area (Å²) in [7, 11) is 2.89. The van der Waals surface area contributed by atoms with E-state index in [1.165, 1.54) is 49.4 Å². The second kappa shape index (κ2) is 7.99. The Bertz CT molecular complexity index is 760. The number of ether oxygens (including phenoxy) is 2. The summed E-state index contributed by atoms with van der Waals surface area (Å²) in [5.41, 5.74) is 1.11. The Morgan fingerprint density at radius 1 is 1.15 bits per heavy atom. The lowest BCUT2D eigenvalue weighted by Gasteiger charge is -2.21. The number of phenols is 1. The molecule has 0 aromatic heterocycles. The summed E-state index contributed by atoms with van der Waals surface area (Å²) in [6.07, 6.45) is -4.35. The number of methoxy groups -OCH3 is 1. The van der Waals surface area contributed by atoms with Gasteiger partial charge in [0.15, 0.2) is 6.61 Å². The molecule has 0 saturated carbocycles. The van der Waals surface area contributed by atoms with Gasteiger partial charge < -0.3 is 19.5 Å². The predicted octanol–water partition coefficient (Wildman–Crippen LogP) is 3.55. The summed E-state index contributed by atoms with van der Waals surface area (Å²) in [6.45, 7) is -1.41. The van der Waals surface area contributed by atoms with Gasteiger partial charge in [-0.25, -0.2) is 0 Å². The van der Waals surface area contributed by atoms with Gasteiger partial charge in [0.2, 0.25) is 5.91 Å². The van der Waals surface area contributed by atoms with E-state index in [1.807, 2.05) is 0 Å². The molecule has 1 N–H and O–H groups in total. The number of phenolic OH excluding ortho intramolecular Hbond substituents is 1. The van der Waals surface area contributed by atoms with Crippen molar-refractivity contribution >= 4 is 11.6 Å². The number of aromatic hydroxyl groups is 1. The van der Waals surface area contributed by atoms with Gasteiger partial charge in [-0.15, -0.1) is 0 Å². The summed E-state index contributed by atoms with van der Waals surface area (Å²) < 4.78 is 46.6. The first-order valence-electron chi connectivity index (χ1n) is 7.61. The number of hydrogen-bond donors (Lipinski definition) is 1. The van der Waals surface area contributed by atoms with Crippen LogP contribution in [0.4, 0.5) is 18.9 Å². The van der Waals surface area contributed by atoms with E-state index in [-0.39, 0.29) is 29.6 Å². The zero-order valence-corrected chi connectivity index (χ0v) is 14.2. The molecule has 0 bridgehead atoms. The maximum atomic E-state index is 12.4. The van der Waals surface area contributed by atoms with Crippen LogP contribution in [0.5, 0.6) is 17.2 Å². The number of likely N-dealkylation sites (N-methyl/N-ethyl adjacent to an activating group) is 1. The molecule has 0 aliphatic rings. The highest BCUT2D eigenvalue weighted by molar-refractivity contribution is 5.95. The summed E-state index contributed by atoms with van der Waals surface area (Å²) >= 11 is 0. The minimum Gasteiger partial charge on any atom is -0.508 e. The molecule has 1 amide bonds. The molecule has 140 valence electrons. The number of carbonyl (C=O) groups excluding carboxylic acids is 1. The molecule has 26 heavy (non-hydrogen) atoms. The molecule has 2 aromatic carbocycles. The highest BCUT2D eigenvalue weighted by atomic mass is 19.4. The number of nitrogens with zero attached hydrogens (tertiary/aromatic N) is 1. The van der Waals surface area contributed by atoms with Crippen molar-refractivity contribution in [2.75, 3.05) is 25.7 Å².